The fraction of sp³-hybridized carbons (Fsp3) is 0.571. The van der Waals surface area contributed by atoms with Crippen LogP contribution in [0.1, 0.15) is 25.3 Å². The number of methoxy groups -OCH3 is 2. The van der Waals surface area contributed by atoms with Gasteiger partial charge in [-0.15, -0.1) is 0 Å². The fourth-order valence-electron chi connectivity index (χ4n) is 2.58. The Bertz CT molecular complexity index is 401. The van der Waals surface area contributed by atoms with Crippen molar-refractivity contribution < 1.29 is 9.47 Å². The quantitative estimate of drug-likeness (QED) is 0.872. The van der Waals surface area contributed by atoms with Crippen molar-refractivity contribution in [3.63, 3.8) is 0 Å². The molecule has 1 aliphatic heterocycles. The molecule has 3 nitrogen and oxygen atoms in total. The van der Waals surface area contributed by atoms with Crippen LogP contribution < -0.4 is 14.8 Å². The Hall–Kier alpha value is -1.22. The molecule has 0 unspecified atom stereocenters. The third-order valence-electron chi connectivity index (χ3n) is 3.68. The van der Waals surface area contributed by atoms with Crippen molar-refractivity contribution in [2.45, 2.75) is 19.8 Å². The van der Waals surface area contributed by atoms with E-state index >= 15 is 0 Å². The molecule has 1 fully saturated rings. The van der Waals surface area contributed by atoms with Gasteiger partial charge in [-0.25, -0.2) is 0 Å². The second-order valence-electron chi connectivity index (χ2n) is 5.28. The largest absolute Gasteiger partial charge is 0.497 e. The van der Waals surface area contributed by atoms with Crippen LogP contribution in [0.4, 0.5) is 0 Å². The molecule has 1 aromatic rings. The lowest BCUT2D eigenvalue weighted by Gasteiger charge is -2.27. The summed E-state index contributed by atoms with van der Waals surface area (Å²) in [5, 5.41) is 3.45. The van der Waals surface area contributed by atoms with E-state index in [9.17, 15) is 0 Å². The molecule has 94 valence electrons. The molecular weight excluding hydrogens is 214 g/mol. The second-order valence-corrected chi connectivity index (χ2v) is 5.28. The van der Waals surface area contributed by atoms with Gasteiger partial charge in [-0.3, -0.25) is 0 Å². The van der Waals surface area contributed by atoms with Gasteiger partial charge < -0.3 is 14.8 Å². The van der Waals surface area contributed by atoms with Crippen LogP contribution in [0.15, 0.2) is 18.2 Å². The Kier molecular flexibility index (Phi) is 3.29. The molecule has 0 bridgehead atoms. The maximum absolute atomic E-state index is 5.47. The molecule has 0 radical (unpaired) electrons. The number of nitrogens with one attached hydrogen (secondary N) is 1. The maximum atomic E-state index is 5.47. The normalized spacial score (nSPS) is 22.5. The van der Waals surface area contributed by atoms with Gasteiger partial charge >= 0.3 is 0 Å². The average molecular weight is 235 g/mol. The lowest BCUT2D eigenvalue weighted by atomic mass is 9.77. The van der Waals surface area contributed by atoms with E-state index in [1.54, 1.807) is 14.2 Å². The predicted octanol–water partition coefficient (Wildman–Crippen LogP) is 2.42. The van der Waals surface area contributed by atoms with Gasteiger partial charge in [0.2, 0.25) is 0 Å². The second kappa shape index (κ2) is 4.57. The molecule has 0 amide bonds. The van der Waals surface area contributed by atoms with E-state index in [1.807, 2.05) is 12.1 Å². The minimum Gasteiger partial charge on any atom is -0.497 e. The van der Waals surface area contributed by atoms with Crippen LogP contribution in [-0.2, 0) is 0 Å². The van der Waals surface area contributed by atoms with Crippen LogP contribution in [0.5, 0.6) is 11.5 Å². The summed E-state index contributed by atoms with van der Waals surface area (Å²) in [6.45, 7) is 6.61. The van der Waals surface area contributed by atoms with Gasteiger partial charge in [-0.1, -0.05) is 13.8 Å². The molecule has 1 N–H and O–H groups in total. The van der Waals surface area contributed by atoms with Gasteiger partial charge in [0.05, 0.1) is 14.2 Å². The molecule has 3 heteroatoms. The zero-order valence-corrected chi connectivity index (χ0v) is 11.0. The SMILES string of the molecule is COc1ccc(OC)c([C@H]2CNCC2(C)C)c1. The van der Waals surface area contributed by atoms with E-state index in [2.05, 4.69) is 25.2 Å². The number of benzene rings is 1. The van der Waals surface area contributed by atoms with Gasteiger partial charge in [0.25, 0.3) is 0 Å². The molecule has 1 atom stereocenters. The van der Waals surface area contributed by atoms with Crippen LogP contribution >= 0.6 is 0 Å². The highest BCUT2D eigenvalue weighted by Gasteiger charge is 2.37. The highest BCUT2D eigenvalue weighted by molar-refractivity contribution is 5.44. The minimum atomic E-state index is 0.250. The average Bonchev–Trinajstić information content (AvgIpc) is 2.68. The first-order valence-electron chi connectivity index (χ1n) is 6.01. The lowest BCUT2D eigenvalue weighted by Crippen LogP contribution is -2.21. The zero-order valence-electron chi connectivity index (χ0n) is 11.0. The van der Waals surface area contributed by atoms with E-state index in [1.165, 1.54) is 5.56 Å². The molecule has 1 heterocycles. The van der Waals surface area contributed by atoms with Crippen LogP contribution in [-0.4, -0.2) is 27.3 Å². The monoisotopic (exact) mass is 235 g/mol. The van der Waals surface area contributed by atoms with E-state index in [0.29, 0.717) is 5.92 Å². The molecule has 0 aromatic heterocycles. The first-order chi connectivity index (χ1) is 8.08. The van der Waals surface area contributed by atoms with Crippen molar-refractivity contribution in [2.75, 3.05) is 27.3 Å². The first-order valence-corrected chi connectivity index (χ1v) is 6.01. The molecule has 17 heavy (non-hydrogen) atoms. The summed E-state index contributed by atoms with van der Waals surface area (Å²) >= 11 is 0. The maximum Gasteiger partial charge on any atom is 0.122 e. The molecule has 1 saturated heterocycles. The standard InChI is InChI=1S/C14H21NO2/c1-14(2)9-15-8-12(14)11-7-10(16-3)5-6-13(11)17-4/h5-7,12,15H,8-9H2,1-4H3/t12-/m1/s1. The third-order valence-corrected chi connectivity index (χ3v) is 3.68. The number of ether oxygens (including phenoxy) is 2. The van der Waals surface area contributed by atoms with Gasteiger partial charge in [-0.05, 0) is 23.6 Å². The summed E-state index contributed by atoms with van der Waals surface area (Å²) < 4.78 is 10.8. The summed E-state index contributed by atoms with van der Waals surface area (Å²) in [7, 11) is 3.42. The Balaban J connectivity index is 2.42. The molecule has 1 aliphatic rings. The zero-order chi connectivity index (χ0) is 12.5. The Morgan fingerprint density at radius 1 is 1.24 bits per heavy atom. The van der Waals surface area contributed by atoms with Crippen molar-refractivity contribution >= 4 is 0 Å². The summed E-state index contributed by atoms with van der Waals surface area (Å²) in [5.41, 5.74) is 1.49. The Labute approximate surface area is 103 Å². The van der Waals surface area contributed by atoms with Crippen molar-refractivity contribution in [2.24, 2.45) is 5.41 Å². The van der Waals surface area contributed by atoms with Gasteiger partial charge in [0.15, 0.2) is 0 Å². The first kappa shape index (κ1) is 12.2. The molecule has 2 rings (SSSR count). The van der Waals surface area contributed by atoms with Crippen molar-refractivity contribution in [3.8, 4) is 11.5 Å². The summed E-state index contributed by atoms with van der Waals surface area (Å²) in [6.07, 6.45) is 0. The van der Waals surface area contributed by atoms with E-state index in [4.69, 9.17) is 9.47 Å². The lowest BCUT2D eigenvalue weighted by molar-refractivity contribution is 0.342. The molecule has 0 aliphatic carbocycles. The van der Waals surface area contributed by atoms with E-state index in [-0.39, 0.29) is 5.41 Å². The number of rotatable bonds is 3. The van der Waals surface area contributed by atoms with E-state index < -0.39 is 0 Å². The van der Waals surface area contributed by atoms with Crippen LogP contribution in [0.2, 0.25) is 0 Å². The molecule has 1 aromatic carbocycles. The van der Waals surface area contributed by atoms with E-state index in [0.717, 1.165) is 24.6 Å². The number of hydrogen-bond donors (Lipinski definition) is 1. The van der Waals surface area contributed by atoms with Gasteiger partial charge in [0.1, 0.15) is 11.5 Å². The van der Waals surface area contributed by atoms with Crippen LogP contribution in [0.25, 0.3) is 0 Å². The predicted molar refractivity (Wildman–Crippen MR) is 68.9 cm³/mol. The minimum absolute atomic E-state index is 0.250. The smallest absolute Gasteiger partial charge is 0.122 e. The Morgan fingerprint density at radius 2 is 2.00 bits per heavy atom. The molecular formula is C14H21NO2. The van der Waals surface area contributed by atoms with Crippen LogP contribution in [0, 0.1) is 5.41 Å². The van der Waals surface area contributed by atoms with Crippen molar-refractivity contribution in [1.82, 2.24) is 5.32 Å². The Morgan fingerprint density at radius 3 is 2.53 bits per heavy atom. The molecule has 0 saturated carbocycles. The third kappa shape index (κ3) is 2.25. The topological polar surface area (TPSA) is 30.5 Å². The van der Waals surface area contributed by atoms with Crippen molar-refractivity contribution in [3.05, 3.63) is 23.8 Å². The van der Waals surface area contributed by atoms with Crippen molar-refractivity contribution in [1.29, 1.82) is 0 Å². The van der Waals surface area contributed by atoms with Gasteiger partial charge in [-0.2, -0.15) is 0 Å². The summed E-state index contributed by atoms with van der Waals surface area (Å²) in [6, 6.07) is 6.03. The molecule has 0 spiro atoms. The number of hydrogen-bond acceptors (Lipinski definition) is 3. The van der Waals surface area contributed by atoms with Crippen LogP contribution in [0.3, 0.4) is 0 Å². The summed E-state index contributed by atoms with van der Waals surface area (Å²) in [5.74, 6) is 2.31. The summed E-state index contributed by atoms with van der Waals surface area (Å²) in [4.78, 5) is 0. The van der Waals surface area contributed by atoms with Gasteiger partial charge in [0, 0.05) is 24.6 Å². The highest BCUT2D eigenvalue weighted by atomic mass is 16.5. The highest BCUT2D eigenvalue weighted by Crippen LogP contribution is 2.43. The fourth-order valence-corrected chi connectivity index (χ4v) is 2.58.